The van der Waals surface area contributed by atoms with Gasteiger partial charge in [0.2, 0.25) is 15.9 Å². The molecular formula is C25H29FN4O3S. The van der Waals surface area contributed by atoms with Crippen molar-refractivity contribution >= 4 is 21.6 Å². The van der Waals surface area contributed by atoms with Crippen LogP contribution in [0.3, 0.4) is 0 Å². The van der Waals surface area contributed by atoms with E-state index in [1.165, 1.54) is 10.4 Å². The Bertz CT molecular complexity index is 1170. The maximum absolute atomic E-state index is 15.1. The Morgan fingerprint density at radius 1 is 1.09 bits per heavy atom. The molecule has 4 rings (SSSR count). The number of anilines is 1. The van der Waals surface area contributed by atoms with E-state index >= 15 is 4.39 Å². The van der Waals surface area contributed by atoms with E-state index in [0.29, 0.717) is 50.3 Å². The average molecular weight is 485 g/mol. The van der Waals surface area contributed by atoms with Crippen LogP contribution in [0.1, 0.15) is 42.6 Å². The number of halogens is 1. The molecule has 34 heavy (non-hydrogen) atoms. The molecule has 2 aromatic carbocycles. The number of hydrogen-bond acceptors (Lipinski definition) is 5. The Kier molecular flexibility index (Phi) is 7.19. The molecule has 180 valence electrons. The summed E-state index contributed by atoms with van der Waals surface area (Å²) in [6, 6.07) is 15.8. The zero-order valence-electron chi connectivity index (χ0n) is 19.2. The Morgan fingerprint density at radius 3 is 2.44 bits per heavy atom. The SMILES string of the molecule is C[C@H]1CCC(c2ccccc2)S(=O)(=O)N1Cc1ccc(N2CCN(C(=O)CC#N)CC2)cc1F. The van der Waals surface area contributed by atoms with Gasteiger partial charge in [0.05, 0.1) is 6.07 Å². The van der Waals surface area contributed by atoms with E-state index in [-0.39, 0.29) is 24.9 Å². The number of nitriles is 1. The molecule has 0 radical (unpaired) electrons. The van der Waals surface area contributed by atoms with Gasteiger partial charge < -0.3 is 9.80 Å². The fourth-order valence-electron chi connectivity index (χ4n) is 4.77. The summed E-state index contributed by atoms with van der Waals surface area (Å²) in [6.45, 7) is 3.93. The van der Waals surface area contributed by atoms with Crippen LogP contribution < -0.4 is 4.90 Å². The molecule has 9 heteroatoms. The van der Waals surface area contributed by atoms with Gasteiger partial charge in [0.15, 0.2) is 0 Å². The van der Waals surface area contributed by atoms with Gasteiger partial charge in [-0.05, 0) is 37.5 Å². The molecule has 1 unspecified atom stereocenters. The van der Waals surface area contributed by atoms with Crippen molar-refractivity contribution in [1.82, 2.24) is 9.21 Å². The first-order valence-electron chi connectivity index (χ1n) is 11.5. The molecule has 2 saturated heterocycles. The van der Waals surface area contributed by atoms with E-state index in [1.807, 2.05) is 48.2 Å². The second kappa shape index (κ2) is 10.1. The van der Waals surface area contributed by atoms with Gasteiger partial charge in [-0.15, -0.1) is 0 Å². The second-order valence-electron chi connectivity index (χ2n) is 8.89. The third-order valence-corrected chi connectivity index (χ3v) is 9.16. The minimum atomic E-state index is -3.64. The summed E-state index contributed by atoms with van der Waals surface area (Å²) in [6.07, 6.45) is 1.13. The summed E-state index contributed by atoms with van der Waals surface area (Å²) >= 11 is 0. The Labute approximate surface area is 200 Å². The van der Waals surface area contributed by atoms with Crippen molar-refractivity contribution in [3.05, 3.63) is 65.5 Å². The molecule has 7 nitrogen and oxygen atoms in total. The fraction of sp³-hybridized carbons (Fsp3) is 0.440. The normalized spacial score (nSPS) is 22.9. The predicted octanol–water partition coefficient (Wildman–Crippen LogP) is 3.44. The van der Waals surface area contributed by atoms with Crippen LogP contribution in [-0.4, -0.2) is 55.8 Å². The second-order valence-corrected chi connectivity index (χ2v) is 11.0. The Hall–Kier alpha value is -2.96. The van der Waals surface area contributed by atoms with Gasteiger partial charge in [0, 0.05) is 50.0 Å². The molecule has 0 N–H and O–H groups in total. The molecule has 2 heterocycles. The largest absolute Gasteiger partial charge is 0.368 e. The molecule has 0 spiro atoms. The van der Waals surface area contributed by atoms with Gasteiger partial charge in [0.1, 0.15) is 17.5 Å². The number of carbonyl (C=O) groups is 1. The van der Waals surface area contributed by atoms with Gasteiger partial charge in [-0.25, -0.2) is 12.8 Å². The highest BCUT2D eigenvalue weighted by Crippen LogP contribution is 2.38. The summed E-state index contributed by atoms with van der Waals surface area (Å²) in [7, 11) is -3.64. The predicted molar refractivity (Wildman–Crippen MR) is 128 cm³/mol. The summed E-state index contributed by atoms with van der Waals surface area (Å²) in [5.74, 6) is -0.626. The van der Waals surface area contributed by atoms with E-state index in [2.05, 4.69) is 0 Å². The molecule has 0 saturated carbocycles. The zero-order chi connectivity index (χ0) is 24.3. The van der Waals surface area contributed by atoms with Gasteiger partial charge in [-0.1, -0.05) is 36.4 Å². The molecular weight excluding hydrogens is 455 g/mol. The van der Waals surface area contributed by atoms with Crippen molar-refractivity contribution in [2.24, 2.45) is 0 Å². The lowest BCUT2D eigenvalue weighted by molar-refractivity contribution is -0.130. The minimum Gasteiger partial charge on any atom is -0.368 e. The third kappa shape index (κ3) is 4.93. The smallest absolute Gasteiger partial charge is 0.236 e. The lowest BCUT2D eigenvalue weighted by atomic mass is 10.0. The van der Waals surface area contributed by atoms with Crippen molar-refractivity contribution in [2.45, 2.75) is 44.0 Å². The number of amides is 1. The first kappa shape index (κ1) is 24.2. The standard InChI is InChI=1S/C25H29FN4O3S/c1-19-7-10-24(20-5-3-2-4-6-20)34(32,33)30(19)18-21-8-9-22(17-23(21)26)28-13-15-29(16-14-28)25(31)11-12-27/h2-6,8-9,17,19,24H,7,10-11,13-16,18H2,1H3/t19-,24?/m0/s1. The lowest BCUT2D eigenvalue weighted by Gasteiger charge is -2.38. The van der Waals surface area contributed by atoms with Crippen LogP contribution in [0.2, 0.25) is 0 Å². The Balaban J connectivity index is 1.47. The van der Waals surface area contributed by atoms with Crippen molar-refractivity contribution < 1.29 is 17.6 Å². The number of benzene rings is 2. The summed E-state index contributed by atoms with van der Waals surface area (Å²) in [5.41, 5.74) is 1.81. The van der Waals surface area contributed by atoms with Crippen LogP contribution in [0, 0.1) is 17.1 Å². The van der Waals surface area contributed by atoms with Crippen LogP contribution in [0.15, 0.2) is 48.5 Å². The molecule has 2 aliphatic heterocycles. The molecule has 1 amide bonds. The van der Waals surface area contributed by atoms with Crippen LogP contribution in [0.4, 0.5) is 10.1 Å². The minimum absolute atomic E-state index is 0.00458. The highest BCUT2D eigenvalue weighted by Gasteiger charge is 2.40. The maximum atomic E-state index is 15.1. The van der Waals surface area contributed by atoms with Gasteiger partial charge in [-0.3, -0.25) is 4.79 Å². The number of nitrogens with zero attached hydrogens (tertiary/aromatic N) is 4. The van der Waals surface area contributed by atoms with Crippen molar-refractivity contribution in [3.8, 4) is 6.07 Å². The Morgan fingerprint density at radius 2 is 1.79 bits per heavy atom. The molecule has 0 aliphatic carbocycles. The first-order valence-corrected chi connectivity index (χ1v) is 13.0. The highest BCUT2D eigenvalue weighted by molar-refractivity contribution is 7.89. The lowest BCUT2D eigenvalue weighted by Crippen LogP contribution is -2.48. The van der Waals surface area contributed by atoms with Crippen LogP contribution in [0.25, 0.3) is 0 Å². The number of hydrogen-bond donors (Lipinski definition) is 0. The topological polar surface area (TPSA) is 84.7 Å². The summed E-state index contributed by atoms with van der Waals surface area (Å²) in [5, 5.41) is 8.08. The average Bonchev–Trinajstić information content (AvgIpc) is 2.83. The van der Waals surface area contributed by atoms with Crippen molar-refractivity contribution in [3.63, 3.8) is 0 Å². The zero-order valence-corrected chi connectivity index (χ0v) is 20.0. The van der Waals surface area contributed by atoms with E-state index in [0.717, 1.165) is 5.56 Å². The third-order valence-electron chi connectivity index (χ3n) is 6.79. The number of carbonyl (C=O) groups excluding carboxylic acids is 1. The molecule has 0 bridgehead atoms. The molecule has 2 aromatic rings. The number of piperazine rings is 1. The summed E-state index contributed by atoms with van der Waals surface area (Å²) < 4.78 is 43.4. The van der Waals surface area contributed by atoms with Gasteiger partial charge in [-0.2, -0.15) is 9.57 Å². The van der Waals surface area contributed by atoms with E-state index in [9.17, 15) is 13.2 Å². The highest BCUT2D eigenvalue weighted by atomic mass is 32.2. The van der Waals surface area contributed by atoms with Crippen LogP contribution in [0.5, 0.6) is 0 Å². The van der Waals surface area contributed by atoms with Gasteiger partial charge >= 0.3 is 0 Å². The number of rotatable bonds is 5. The molecule has 2 fully saturated rings. The van der Waals surface area contributed by atoms with Crippen LogP contribution in [-0.2, 0) is 21.4 Å². The maximum Gasteiger partial charge on any atom is 0.236 e. The fourth-order valence-corrected chi connectivity index (χ4v) is 6.96. The van der Waals surface area contributed by atoms with Crippen molar-refractivity contribution in [2.75, 3.05) is 31.1 Å². The first-order chi connectivity index (χ1) is 16.3. The summed E-state index contributed by atoms with van der Waals surface area (Å²) in [4.78, 5) is 15.5. The van der Waals surface area contributed by atoms with Crippen LogP contribution >= 0.6 is 0 Å². The molecule has 0 aromatic heterocycles. The molecule has 2 aliphatic rings. The van der Waals surface area contributed by atoms with Crippen molar-refractivity contribution in [1.29, 1.82) is 5.26 Å². The quantitative estimate of drug-likeness (QED) is 0.649. The van der Waals surface area contributed by atoms with Gasteiger partial charge in [0.25, 0.3) is 0 Å². The van der Waals surface area contributed by atoms with E-state index in [4.69, 9.17) is 5.26 Å². The number of sulfonamides is 1. The molecule has 2 atom stereocenters. The van der Waals surface area contributed by atoms with E-state index in [1.54, 1.807) is 17.0 Å². The monoisotopic (exact) mass is 484 g/mol. The van der Waals surface area contributed by atoms with E-state index < -0.39 is 21.1 Å².